The largest absolute Gasteiger partial charge is 0.465 e. The summed E-state index contributed by atoms with van der Waals surface area (Å²) in [6.45, 7) is 0. The first-order valence-electron chi connectivity index (χ1n) is 8.38. The summed E-state index contributed by atoms with van der Waals surface area (Å²) < 4.78 is 4.69. The maximum atomic E-state index is 12.4. The molecule has 0 saturated heterocycles. The van der Waals surface area contributed by atoms with Gasteiger partial charge in [-0.25, -0.2) is 4.79 Å². The van der Waals surface area contributed by atoms with Gasteiger partial charge in [0, 0.05) is 23.6 Å². The van der Waals surface area contributed by atoms with Crippen molar-refractivity contribution in [1.82, 2.24) is 4.98 Å². The number of hydrogen-bond acceptors (Lipinski definition) is 5. The Morgan fingerprint density at radius 2 is 1.92 bits per heavy atom. The van der Waals surface area contributed by atoms with Gasteiger partial charge in [-0.3, -0.25) is 9.78 Å². The average molecular weight is 339 g/mol. The molecule has 0 atom stereocenters. The second kappa shape index (κ2) is 7.79. The summed E-state index contributed by atoms with van der Waals surface area (Å²) in [6.07, 6.45) is 6.42. The summed E-state index contributed by atoms with van der Waals surface area (Å²) in [7, 11) is 1.32. The molecule has 1 aliphatic rings. The first-order valence-corrected chi connectivity index (χ1v) is 8.38. The fourth-order valence-electron chi connectivity index (χ4n) is 2.99. The van der Waals surface area contributed by atoms with E-state index in [-0.39, 0.29) is 5.91 Å². The second-order valence-electron chi connectivity index (χ2n) is 6.08. The van der Waals surface area contributed by atoms with Gasteiger partial charge in [0.15, 0.2) is 0 Å². The summed E-state index contributed by atoms with van der Waals surface area (Å²) in [6, 6.07) is 10.7. The zero-order valence-corrected chi connectivity index (χ0v) is 14.1. The van der Waals surface area contributed by atoms with Gasteiger partial charge in [-0.1, -0.05) is 18.9 Å². The molecule has 0 unspecified atom stereocenters. The summed E-state index contributed by atoms with van der Waals surface area (Å²) in [5.41, 5.74) is 2.12. The van der Waals surface area contributed by atoms with Crippen molar-refractivity contribution >= 4 is 23.3 Å². The normalized spacial score (nSPS) is 14.1. The number of hydrogen-bond donors (Lipinski definition) is 2. The molecule has 0 aliphatic heterocycles. The van der Waals surface area contributed by atoms with Gasteiger partial charge in [-0.2, -0.15) is 0 Å². The van der Waals surface area contributed by atoms with E-state index in [1.165, 1.54) is 20.0 Å². The second-order valence-corrected chi connectivity index (χ2v) is 6.08. The van der Waals surface area contributed by atoms with E-state index in [2.05, 4.69) is 20.4 Å². The molecule has 2 N–H and O–H groups in total. The highest BCUT2D eigenvalue weighted by Crippen LogP contribution is 2.22. The van der Waals surface area contributed by atoms with Gasteiger partial charge in [-0.05, 0) is 43.2 Å². The SMILES string of the molecule is COC(=O)c1cccc(NC(=O)c2cc(NC3CCCC3)ccn2)c1. The highest BCUT2D eigenvalue weighted by Gasteiger charge is 2.16. The standard InChI is InChI=1S/C19H21N3O3/c1-25-19(24)13-5-4-8-15(11-13)22-18(23)17-12-16(9-10-20-17)21-14-6-2-3-7-14/h4-5,8-12,14H,2-3,6-7H2,1H3,(H,20,21)(H,22,23). The molecule has 1 aromatic heterocycles. The number of benzene rings is 1. The van der Waals surface area contributed by atoms with E-state index in [0.29, 0.717) is 23.0 Å². The van der Waals surface area contributed by atoms with Crippen molar-refractivity contribution in [3.8, 4) is 0 Å². The van der Waals surface area contributed by atoms with Crippen LogP contribution in [0.5, 0.6) is 0 Å². The predicted octanol–water partition coefficient (Wildman–Crippen LogP) is 3.48. The van der Waals surface area contributed by atoms with Crippen LogP contribution in [0.4, 0.5) is 11.4 Å². The lowest BCUT2D eigenvalue weighted by Crippen LogP contribution is -2.17. The maximum Gasteiger partial charge on any atom is 0.337 e. The maximum absolute atomic E-state index is 12.4. The van der Waals surface area contributed by atoms with Crippen molar-refractivity contribution in [1.29, 1.82) is 0 Å². The van der Waals surface area contributed by atoms with Crippen molar-refractivity contribution < 1.29 is 14.3 Å². The van der Waals surface area contributed by atoms with Crippen LogP contribution >= 0.6 is 0 Å². The van der Waals surface area contributed by atoms with E-state index in [9.17, 15) is 9.59 Å². The lowest BCUT2D eigenvalue weighted by Gasteiger charge is -2.14. The number of pyridine rings is 1. The van der Waals surface area contributed by atoms with Crippen LogP contribution in [0, 0.1) is 0 Å². The molecule has 1 aromatic carbocycles. The number of carbonyl (C=O) groups excluding carboxylic acids is 2. The van der Waals surface area contributed by atoms with Gasteiger partial charge in [-0.15, -0.1) is 0 Å². The lowest BCUT2D eigenvalue weighted by molar-refractivity contribution is 0.0600. The minimum Gasteiger partial charge on any atom is -0.465 e. The number of esters is 1. The third-order valence-corrected chi connectivity index (χ3v) is 4.26. The predicted molar refractivity (Wildman–Crippen MR) is 95.9 cm³/mol. The Hall–Kier alpha value is -2.89. The van der Waals surface area contributed by atoms with E-state index < -0.39 is 5.97 Å². The van der Waals surface area contributed by atoms with Crippen molar-refractivity contribution in [2.75, 3.05) is 17.7 Å². The summed E-state index contributed by atoms with van der Waals surface area (Å²) >= 11 is 0. The molecule has 1 aliphatic carbocycles. The number of anilines is 2. The fraction of sp³-hybridized carbons (Fsp3) is 0.316. The first-order chi connectivity index (χ1) is 12.2. The summed E-state index contributed by atoms with van der Waals surface area (Å²) in [5.74, 6) is -0.769. The topological polar surface area (TPSA) is 80.3 Å². The van der Waals surface area contributed by atoms with E-state index >= 15 is 0 Å². The third kappa shape index (κ3) is 4.35. The molecule has 130 valence electrons. The Balaban J connectivity index is 1.69. The van der Waals surface area contributed by atoms with Gasteiger partial charge in [0.2, 0.25) is 0 Å². The number of nitrogens with one attached hydrogen (secondary N) is 2. The van der Waals surface area contributed by atoms with Gasteiger partial charge in [0.05, 0.1) is 12.7 Å². The third-order valence-electron chi connectivity index (χ3n) is 4.26. The van der Waals surface area contributed by atoms with E-state index in [1.54, 1.807) is 36.5 Å². The van der Waals surface area contributed by atoms with Gasteiger partial charge < -0.3 is 15.4 Å². The highest BCUT2D eigenvalue weighted by molar-refractivity contribution is 6.04. The number of methoxy groups -OCH3 is 1. The number of amides is 1. The van der Waals surface area contributed by atoms with Crippen LogP contribution < -0.4 is 10.6 Å². The highest BCUT2D eigenvalue weighted by atomic mass is 16.5. The van der Waals surface area contributed by atoms with E-state index in [0.717, 1.165) is 18.5 Å². The molecule has 1 amide bonds. The molecule has 1 heterocycles. The van der Waals surface area contributed by atoms with Crippen molar-refractivity contribution in [2.45, 2.75) is 31.7 Å². The van der Waals surface area contributed by atoms with Gasteiger partial charge in [0.1, 0.15) is 5.69 Å². The molecule has 0 radical (unpaired) electrons. The van der Waals surface area contributed by atoms with Crippen LogP contribution in [-0.4, -0.2) is 30.0 Å². The number of nitrogens with zero attached hydrogens (tertiary/aromatic N) is 1. The number of carbonyl (C=O) groups is 2. The van der Waals surface area contributed by atoms with Crippen LogP contribution in [0.3, 0.4) is 0 Å². The number of aromatic nitrogens is 1. The Kier molecular flexibility index (Phi) is 5.28. The van der Waals surface area contributed by atoms with Crippen LogP contribution in [-0.2, 0) is 4.74 Å². The number of rotatable bonds is 5. The molecule has 3 rings (SSSR count). The Labute approximate surface area is 146 Å². The molecule has 2 aromatic rings. The first kappa shape index (κ1) is 17.0. The molecule has 6 nitrogen and oxygen atoms in total. The minimum atomic E-state index is -0.447. The van der Waals surface area contributed by atoms with Gasteiger partial charge >= 0.3 is 5.97 Å². The van der Waals surface area contributed by atoms with Crippen LogP contribution in [0.1, 0.15) is 46.5 Å². The summed E-state index contributed by atoms with van der Waals surface area (Å²) in [5, 5.41) is 6.21. The molecule has 6 heteroatoms. The van der Waals surface area contributed by atoms with Crippen molar-refractivity contribution in [3.63, 3.8) is 0 Å². The van der Waals surface area contributed by atoms with Crippen molar-refractivity contribution in [3.05, 3.63) is 53.9 Å². The lowest BCUT2D eigenvalue weighted by atomic mass is 10.2. The zero-order chi connectivity index (χ0) is 17.6. The van der Waals surface area contributed by atoms with Gasteiger partial charge in [0.25, 0.3) is 5.91 Å². The fourth-order valence-corrected chi connectivity index (χ4v) is 2.99. The molecule has 0 bridgehead atoms. The Bertz CT molecular complexity index is 770. The monoisotopic (exact) mass is 339 g/mol. The molecule has 1 fully saturated rings. The zero-order valence-electron chi connectivity index (χ0n) is 14.1. The van der Waals surface area contributed by atoms with Crippen LogP contribution in [0.2, 0.25) is 0 Å². The summed E-state index contributed by atoms with van der Waals surface area (Å²) in [4.78, 5) is 28.2. The van der Waals surface area contributed by atoms with E-state index in [1.807, 2.05) is 6.07 Å². The Morgan fingerprint density at radius 3 is 2.68 bits per heavy atom. The Morgan fingerprint density at radius 1 is 1.12 bits per heavy atom. The molecule has 25 heavy (non-hydrogen) atoms. The van der Waals surface area contributed by atoms with E-state index in [4.69, 9.17) is 0 Å². The quantitative estimate of drug-likeness (QED) is 0.815. The van der Waals surface area contributed by atoms with Crippen LogP contribution in [0.15, 0.2) is 42.6 Å². The molecular formula is C19H21N3O3. The molecule has 1 saturated carbocycles. The molecular weight excluding hydrogens is 318 g/mol. The smallest absolute Gasteiger partial charge is 0.337 e. The molecule has 0 spiro atoms. The van der Waals surface area contributed by atoms with Crippen molar-refractivity contribution in [2.24, 2.45) is 0 Å². The number of ether oxygens (including phenoxy) is 1. The average Bonchev–Trinajstić information content (AvgIpc) is 3.14. The minimum absolute atomic E-state index is 0.322. The van der Waals surface area contributed by atoms with Crippen LogP contribution in [0.25, 0.3) is 0 Å².